The van der Waals surface area contributed by atoms with Crippen LogP contribution in [-0.4, -0.2) is 90.4 Å². The summed E-state index contributed by atoms with van der Waals surface area (Å²) in [5.41, 5.74) is 0. The van der Waals surface area contributed by atoms with Gasteiger partial charge in [-0.15, -0.1) is 0 Å². The summed E-state index contributed by atoms with van der Waals surface area (Å²) in [4.78, 5) is 4.88. The first-order valence-corrected chi connectivity index (χ1v) is 20.9. The average Bonchev–Trinajstić information content (AvgIpc) is 2.70. The summed E-state index contributed by atoms with van der Waals surface area (Å²) >= 11 is 0. The number of hydrogen-bond donors (Lipinski definition) is 0. The van der Waals surface area contributed by atoms with Gasteiger partial charge in [-0.05, 0) is 77.3 Å². The molecule has 0 aromatic carbocycles. The lowest BCUT2D eigenvalue weighted by molar-refractivity contribution is 0.217. The number of likely N-dealkylation sites (N-methyl/N-ethyl adjacent to an activating group) is 2. The Balaban J connectivity index is 3.69. The predicted molar refractivity (Wildman–Crippen MR) is 146 cm³/mol. The lowest BCUT2D eigenvalue weighted by atomic mass is 10.5. The van der Waals surface area contributed by atoms with Gasteiger partial charge < -0.3 is 18.7 Å². The normalized spacial score (nSPS) is 13.0. The topological polar surface area (TPSA) is 24.9 Å². The molecule has 30 heavy (non-hydrogen) atoms. The molecule has 0 aromatic rings. The second-order valence-electron chi connectivity index (χ2n) is 9.12. The fourth-order valence-corrected chi connectivity index (χ4v) is 9.68. The van der Waals surface area contributed by atoms with E-state index in [2.05, 4.69) is 85.3 Å². The highest BCUT2D eigenvalue weighted by atomic mass is 33.1. The fraction of sp³-hybridized carbons (Fsp3) is 1.00. The van der Waals surface area contributed by atoms with E-state index in [0.717, 1.165) is 52.5 Å². The summed E-state index contributed by atoms with van der Waals surface area (Å²) in [5.74, 6) is 2.50. The Morgan fingerprint density at radius 3 is 1.23 bits per heavy atom. The maximum Gasteiger partial charge on any atom is 0.186 e. The fourth-order valence-electron chi connectivity index (χ4n) is 3.36. The highest BCUT2D eigenvalue weighted by molar-refractivity contribution is 8.76. The van der Waals surface area contributed by atoms with Crippen molar-refractivity contribution in [3.63, 3.8) is 0 Å². The van der Waals surface area contributed by atoms with E-state index < -0.39 is 16.6 Å². The highest BCUT2D eigenvalue weighted by Crippen LogP contribution is 2.27. The first-order valence-electron chi connectivity index (χ1n) is 12.2. The van der Waals surface area contributed by atoms with Crippen LogP contribution in [0.5, 0.6) is 0 Å². The molecule has 0 radical (unpaired) electrons. The standard InChI is InChI=1S/C22H52N2O2S2Si2/c1-9-23(10-2)15-17-25-29(5,6)21-13-19-27-28-20-14-22-30(7,8)26-18-16-24(11-3)12-4/h9-22H2,1-8H3. The van der Waals surface area contributed by atoms with Gasteiger partial charge in [-0.3, -0.25) is 0 Å². The third-order valence-corrected chi connectivity index (χ3v) is 13.3. The molecule has 0 aliphatic carbocycles. The molecule has 182 valence electrons. The molecule has 8 heteroatoms. The number of nitrogens with zero attached hydrogens (tertiary/aromatic N) is 2. The molecule has 0 fully saturated rings. The van der Waals surface area contributed by atoms with Crippen LogP contribution in [0.15, 0.2) is 0 Å². The maximum absolute atomic E-state index is 6.28. The molecular formula is C22H52N2O2S2Si2. The molecule has 0 saturated carbocycles. The van der Waals surface area contributed by atoms with Crippen LogP contribution in [0.2, 0.25) is 38.3 Å². The van der Waals surface area contributed by atoms with Crippen LogP contribution in [0.25, 0.3) is 0 Å². The van der Waals surface area contributed by atoms with Crippen molar-refractivity contribution >= 4 is 38.2 Å². The first-order chi connectivity index (χ1) is 14.2. The molecule has 0 aliphatic heterocycles. The van der Waals surface area contributed by atoms with E-state index >= 15 is 0 Å². The highest BCUT2D eigenvalue weighted by Gasteiger charge is 2.23. The minimum absolute atomic E-state index is 0.902. The Morgan fingerprint density at radius 1 is 0.600 bits per heavy atom. The minimum atomic E-state index is -1.49. The van der Waals surface area contributed by atoms with Gasteiger partial charge in [0.2, 0.25) is 0 Å². The van der Waals surface area contributed by atoms with Gasteiger partial charge in [0.05, 0.1) is 0 Å². The zero-order valence-corrected chi connectivity index (χ0v) is 25.1. The Kier molecular flexibility index (Phi) is 19.0. The molecule has 0 amide bonds. The minimum Gasteiger partial charge on any atom is -0.416 e. The van der Waals surface area contributed by atoms with Crippen LogP contribution in [0.3, 0.4) is 0 Å². The van der Waals surface area contributed by atoms with Crippen molar-refractivity contribution in [1.82, 2.24) is 9.80 Å². The van der Waals surface area contributed by atoms with Crippen molar-refractivity contribution in [2.45, 2.75) is 78.8 Å². The van der Waals surface area contributed by atoms with Gasteiger partial charge in [0.25, 0.3) is 0 Å². The van der Waals surface area contributed by atoms with Crippen LogP contribution in [0.1, 0.15) is 40.5 Å². The van der Waals surface area contributed by atoms with Gasteiger partial charge in [0, 0.05) is 37.8 Å². The molecule has 0 aromatic heterocycles. The van der Waals surface area contributed by atoms with Crippen molar-refractivity contribution in [1.29, 1.82) is 0 Å². The lowest BCUT2D eigenvalue weighted by Crippen LogP contribution is -2.35. The molecule has 0 atom stereocenters. The van der Waals surface area contributed by atoms with Crippen molar-refractivity contribution in [3.8, 4) is 0 Å². The predicted octanol–water partition coefficient (Wildman–Crippen LogP) is 6.28. The van der Waals surface area contributed by atoms with Gasteiger partial charge in [-0.2, -0.15) is 0 Å². The molecule has 0 N–H and O–H groups in total. The summed E-state index contributed by atoms with van der Waals surface area (Å²) in [6, 6.07) is 2.55. The van der Waals surface area contributed by atoms with Crippen molar-refractivity contribution in [2.75, 3.05) is 64.0 Å². The van der Waals surface area contributed by atoms with E-state index in [0.29, 0.717) is 0 Å². The lowest BCUT2D eigenvalue weighted by Gasteiger charge is -2.25. The van der Waals surface area contributed by atoms with Crippen molar-refractivity contribution in [2.24, 2.45) is 0 Å². The zero-order valence-electron chi connectivity index (χ0n) is 21.4. The second kappa shape index (κ2) is 18.4. The largest absolute Gasteiger partial charge is 0.416 e. The van der Waals surface area contributed by atoms with Gasteiger partial charge >= 0.3 is 0 Å². The average molecular weight is 497 g/mol. The van der Waals surface area contributed by atoms with Gasteiger partial charge in [0.1, 0.15) is 0 Å². The molecule has 4 nitrogen and oxygen atoms in total. The van der Waals surface area contributed by atoms with Gasteiger partial charge in [0.15, 0.2) is 16.6 Å². The third-order valence-electron chi connectivity index (χ3n) is 5.69. The Morgan fingerprint density at radius 2 is 0.933 bits per heavy atom. The Bertz CT molecular complexity index is 361. The van der Waals surface area contributed by atoms with Gasteiger partial charge in [-0.1, -0.05) is 49.3 Å². The molecule has 0 spiro atoms. The quantitative estimate of drug-likeness (QED) is 0.105. The molecule has 0 saturated heterocycles. The van der Waals surface area contributed by atoms with Crippen molar-refractivity contribution in [3.05, 3.63) is 0 Å². The molecular weight excluding hydrogens is 445 g/mol. The molecule has 0 rings (SSSR count). The van der Waals surface area contributed by atoms with Crippen molar-refractivity contribution < 1.29 is 8.85 Å². The zero-order chi connectivity index (χ0) is 22.9. The SMILES string of the molecule is CCN(CC)CCO[Si](C)(C)CCCSSCCC[Si](C)(C)OCCN(CC)CC. The van der Waals surface area contributed by atoms with E-state index in [4.69, 9.17) is 8.85 Å². The molecule has 0 aliphatic rings. The molecule has 0 heterocycles. The van der Waals surface area contributed by atoms with Crippen LogP contribution in [0, 0.1) is 0 Å². The van der Waals surface area contributed by atoms with E-state index in [-0.39, 0.29) is 0 Å². The number of hydrogen-bond acceptors (Lipinski definition) is 6. The summed E-state index contributed by atoms with van der Waals surface area (Å²) in [7, 11) is 1.13. The monoisotopic (exact) mass is 496 g/mol. The van der Waals surface area contributed by atoms with Crippen LogP contribution in [0.4, 0.5) is 0 Å². The van der Waals surface area contributed by atoms with Crippen LogP contribution in [-0.2, 0) is 8.85 Å². The number of rotatable bonds is 21. The maximum atomic E-state index is 6.28. The van der Waals surface area contributed by atoms with Crippen LogP contribution >= 0.6 is 21.6 Å². The second-order valence-corrected chi connectivity index (χ2v) is 20.4. The Labute approximate surface area is 199 Å². The van der Waals surface area contributed by atoms with E-state index in [9.17, 15) is 0 Å². The Hall–Kier alpha value is 0.974. The summed E-state index contributed by atoms with van der Waals surface area (Å²) in [5, 5.41) is 0. The molecule has 0 bridgehead atoms. The van der Waals surface area contributed by atoms with Gasteiger partial charge in [-0.25, -0.2) is 0 Å². The molecule has 0 unspecified atom stereocenters. The third kappa shape index (κ3) is 17.5. The van der Waals surface area contributed by atoms with E-state index in [1.165, 1.54) is 36.4 Å². The summed E-state index contributed by atoms with van der Waals surface area (Å²) < 4.78 is 12.6. The first kappa shape index (κ1) is 31.0. The van der Waals surface area contributed by atoms with Crippen LogP contribution < -0.4 is 0 Å². The van der Waals surface area contributed by atoms with E-state index in [1.807, 2.05) is 0 Å². The summed E-state index contributed by atoms with van der Waals surface area (Å²) in [6.07, 6.45) is 2.58. The smallest absolute Gasteiger partial charge is 0.186 e. The summed E-state index contributed by atoms with van der Waals surface area (Å²) in [6.45, 7) is 26.9. The van der Waals surface area contributed by atoms with E-state index in [1.54, 1.807) is 0 Å².